The number of rotatable bonds is 2. The molecule has 3 nitrogen and oxygen atoms in total. The van der Waals surface area contributed by atoms with Gasteiger partial charge in [-0.05, 0) is 11.4 Å². The average Bonchev–Trinajstić information content (AvgIpc) is 3.01. The van der Waals surface area contributed by atoms with Crippen LogP contribution in [-0.4, -0.2) is 0 Å². The lowest BCUT2D eigenvalue weighted by Crippen LogP contribution is -2.07. The zero-order valence-corrected chi connectivity index (χ0v) is 9.24. The van der Waals surface area contributed by atoms with Gasteiger partial charge in [-0.3, -0.25) is 0 Å². The van der Waals surface area contributed by atoms with Gasteiger partial charge in [0.25, 0.3) is 0 Å². The van der Waals surface area contributed by atoms with E-state index in [-0.39, 0.29) is 0 Å². The van der Waals surface area contributed by atoms with Gasteiger partial charge in [-0.1, -0.05) is 35.8 Å². The van der Waals surface area contributed by atoms with Crippen molar-refractivity contribution in [3.8, 4) is 0 Å². The minimum absolute atomic E-state index is 0.902. The number of hydrogen-bond acceptors (Lipinski definition) is 4. The van der Waals surface area contributed by atoms with Crippen molar-refractivity contribution < 1.29 is 0 Å². The highest BCUT2D eigenvalue weighted by atomic mass is 32.1. The van der Waals surface area contributed by atoms with Crippen molar-refractivity contribution >= 4 is 22.7 Å². The highest BCUT2D eigenvalue weighted by molar-refractivity contribution is 7.08. The van der Waals surface area contributed by atoms with Gasteiger partial charge in [0.15, 0.2) is 5.70 Å². The van der Waals surface area contributed by atoms with Gasteiger partial charge in [-0.15, -0.1) is 0 Å². The highest BCUT2D eigenvalue weighted by Crippen LogP contribution is 2.28. The topological polar surface area (TPSA) is 38.5 Å². The van der Waals surface area contributed by atoms with Gasteiger partial charge in [-0.25, -0.2) is 0 Å². The lowest BCUT2D eigenvalue weighted by Gasteiger charge is -1.97. The second kappa shape index (κ2) is 3.90. The Hall–Kier alpha value is -1.94. The quantitative estimate of drug-likeness (QED) is 0.841. The maximum Gasteiger partial charge on any atom is 0.331 e. The molecule has 0 spiro atoms. The second-order valence-electron chi connectivity index (χ2n) is 3.41. The van der Waals surface area contributed by atoms with Gasteiger partial charge in [0.2, 0.25) is 0 Å². The number of nitrogens with one attached hydrogen (secondary N) is 1. The molecule has 0 atom stereocenters. The Labute approximate surface area is 97.1 Å². The normalized spacial score (nSPS) is 14.2. The molecule has 77 valence electrons. The highest BCUT2D eigenvalue weighted by Gasteiger charge is 2.24. The predicted molar refractivity (Wildman–Crippen MR) is 65.3 cm³/mol. The van der Waals surface area contributed by atoms with E-state index in [1.165, 1.54) is 0 Å². The van der Waals surface area contributed by atoms with Crippen LogP contribution in [0.5, 0.6) is 0 Å². The molecule has 0 unspecified atom stereocenters. The van der Waals surface area contributed by atoms with Crippen LogP contribution in [0.3, 0.4) is 0 Å². The molecule has 1 aliphatic rings. The Morgan fingerprint density at radius 2 is 1.94 bits per heavy atom. The van der Waals surface area contributed by atoms with Crippen LogP contribution in [0.15, 0.2) is 52.3 Å². The summed E-state index contributed by atoms with van der Waals surface area (Å²) in [6.07, 6.45) is 0. The van der Waals surface area contributed by atoms with Crippen LogP contribution in [0.2, 0.25) is 0 Å². The van der Waals surface area contributed by atoms with Crippen LogP contribution in [0.25, 0.3) is 11.4 Å². The maximum absolute atomic E-state index is 4.14. The third kappa shape index (κ3) is 1.53. The van der Waals surface area contributed by atoms with E-state index in [4.69, 9.17) is 0 Å². The first-order valence-corrected chi connectivity index (χ1v) is 5.88. The molecule has 2 heterocycles. The summed E-state index contributed by atoms with van der Waals surface area (Å²) in [5, 5.41) is 12.2. The monoisotopic (exact) mass is 227 g/mol. The first kappa shape index (κ1) is 9.30. The molecule has 1 aliphatic heterocycles. The average molecular weight is 227 g/mol. The Morgan fingerprint density at radius 1 is 1.06 bits per heavy atom. The predicted octanol–water partition coefficient (Wildman–Crippen LogP) is 2.88. The van der Waals surface area contributed by atoms with Crippen molar-refractivity contribution in [2.75, 3.05) is 0 Å². The zero-order valence-electron chi connectivity index (χ0n) is 8.42. The first-order chi connectivity index (χ1) is 7.95. The molecule has 0 saturated heterocycles. The summed E-state index contributed by atoms with van der Waals surface area (Å²) in [6.45, 7) is 0. The zero-order chi connectivity index (χ0) is 10.8. The molecule has 1 radical (unpaired) electrons. The smallest absolute Gasteiger partial charge is 0.152 e. The van der Waals surface area contributed by atoms with Crippen LogP contribution in [-0.2, 0) is 0 Å². The van der Waals surface area contributed by atoms with Crippen LogP contribution >= 0.6 is 11.3 Å². The molecule has 0 fully saturated rings. The van der Waals surface area contributed by atoms with E-state index in [0.29, 0.717) is 0 Å². The second-order valence-corrected chi connectivity index (χ2v) is 4.19. The van der Waals surface area contributed by atoms with E-state index in [1.54, 1.807) is 11.3 Å². The van der Waals surface area contributed by atoms with Gasteiger partial charge in [0, 0.05) is 16.5 Å². The Bertz CT molecular complexity index is 541. The van der Waals surface area contributed by atoms with Gasteiger partial charge >= 0.3 is 5.22 Å². The van der Waals surface area contributed by atoms with Gasteiger partial charge < -0.3 is 0 Å². The summed E-state index contributed by atoms with van der Waals surface area (Å²) in [4.78, 5) is 0. The molecule has 0 amide bonds. The number of benzene rings is 1. The Morgan fingerprint density at radius 3 is 2.69 bits per heavy atom. The molecule has 1 N–H and O–H groups in total. The lowest BCUT2D eigenvalue weighted by atomic mass is 10.1. The lowest BCUT2D eigenvalue weighted by molar-refractivity contribution is 0.822. The van der Waals surface area contributed by atoms with Crippen LogP contribution < -0.4 is 10.6 Å². The molecule has 0 aliphatic carbocycles. The van der Waals surface area contributed by atoms with Crippen LogP contribution in [0, 0.1) is 0 Å². The molecule has 4 heteroatoms. The molecule has 1 aromatic heterocycles. The number of hydrogen-bond donors (Lipinski definition) is 1. The van der Waals surface area contributed by atoms with Gasteiger partial charge in [0.1, 0.15) is 10.8 Å². The molecule has 2 aromatic rings. The van der Waals surface area contributed by atoms with Crippen molar-refractivity contribution in [3.05, 3.63) is 58.3 Å². The molecule has 1 aromatic carbocycles. The molecule has 3 rings (SSSR count). The molecular weight excluding hydrogens is 218 g/mol. The van der Waals surface area contributed by atoms with Crippen molar-refractivity contribution in [3.63, 3.8) is 0 Å². The Balaban J connectivity index is 2.11. The standard InChI is InChI=1S/C12H9N3S/c1-2-4-9(5-3-1)11-12(14-15-13-11)10-6-7-16-8-10/h1-8H,(H,13,14)/q+1. The van der Waals surface area contributed by atoms with E-state index < -0.39 is 0 Å². The summed E-state index contributed by atoms with van der Waals surface area (Å²) < 4.78 is 0. The van der Waals surface area contributed by atoms with E-state index in [9.17, 15) is 0 Å². The summed E-state index contributed by atoms with van der Waals surface area (Å²) in [6, 6.07) is 12.1. The first-order valence-electron chi connectivity index (χ1n) is 4.94. The summed E-state index contributed by atoms with van der Waals surface area (Å²) in [7, 11) is 0. The van der Waals surface area contributed by atoms with Crippen molar-refractivity contribution in [2.45, 2.75) is 0 Å². The largest absolute Gasteiger partial charge is 0.331 e. The van der Waals surface area contributed by atoms with E-state index in [0.717, 1.165) is 22.5 Å². The fourth-order valence-corrected chi connectivity index (χ4v) is 2.28. The summed E-state index contributed by atoms with van der Waals surface area (Å²) >= 11 is 1.67. The Kier molecular flexibility index (Phi) is 2.27. The fourth-order valence-electron chi connectivity index (χ4n) is 1.63. The minimum atomic E-state index is 0.902. The summed E-state index contributed by atoms with van der Waals surface area (Å²) in [5.41, 5.74) is 7.05. The minimum Gasteiger partial charge on any atom is -0.152 e. The van der Waals surface area contributed by atoms with Gasteiger partial charge in [-0.2, -0.15) is 11.3 Å². The molecule has 16 heavy (non-hydrogen) atoms. The van der Waals surface area contributed by atoms with Crippen molar-refractivity contribution in [1.82, 2.24) is 10.6 Å². The fraction of sp³-hybridized carbons (Fsp3) is 0. The third-order valence-electron chi connectivity index (χ3n) is 2.41. The third-order valence-corrected chi connectivity index (χ3v) is 3.09. The van der Waals surface area contributed by atoms with E-state index in [1.807, 2.05) is 35.7 Å². The number of thiophene rings is 1. The molecular formula is C12H9N3S+. The van der Waals surface area contributed by atoms with E-state index >= 15 is 0 Å². The summed E-state index contributed by atoms with van der Waals surface area (Å²) in [5.74, 6) is 0. The maximum atomic E-state index is 4.14. The van der Waals surface area contributed by atoms with Crippen LogP contribution in [0.1, 0.15) is 11.1 Å². The van der Waals surface area contributed by atoms with Crippen LogP contribution in [0.4, 0.5) is 0 Å². The van der Waals surface area contributed by atoms with Crippen molar-refractivity contribution in [1.29, 1.82) is 0 Å². The SMILES string of the molecule is c1ccc(C2=C(c3ccsc3)N[N+]=N2)cc1. The molecule has 0 saturated carbocycles. The number of nitrogens with zero attached hydrogens (tertiary/aromatic N) is 2. The van der Waals surface area contributed by atoms with Crippen molar-refractivity contribution in [2.24, 2.45) is 5.11 Å². The van der Waals surface area contributed by atoms with E-state index in [2.05, 4.69) is 27.2 Å². The molecule has 0 bridgehead atoms. The van der Waals surface area contributed by atoms with Gasteiger partial charge in [0.05, 0.1) is 0 Å².